The Bertz CT molecular complexity index is 864. The van der Waals surface area contributed by atoms with Crippen LogP contribution in [0.15, 0.2) is 47.5 Å². The zero-order valence-electron chi connectivity index (χ0n) is 15.1. The van der Waals surface area contributed by atoms with Gasteiger partial charge in [0.15, 0.2) is 5.82 Å². The molecule has 0 saturated carbocycles. The minimum atomic E-state index is -3.44. The quantitative estimate of drug-likeness (QED) is 0.766. The van der Waals surface area contributed by atoms with E-state index in [-0.39, 0.29) is 0 Å². The van der Waals surface area contributed by atoms with Crippen molar-refractivity contribution in [1.29, 1.82) is 0 Å². The van der Waals surface area contributed by atoms with Crippen LogP contribution in [0.25, 0.3) is 0 Å². The van der Waals surface area contributed by atoms with Crippen molar-refractivity contribution in [2.45, 2.75) is 4.90 Å². The van der Waals surface area contributed by atoms with Gasteiger partial charge in [0, 0.05) is 45.3 Å². The van der Waals surface area contributed by atoms with Crippen LogP contribution in [0.1, 0.15) is 0 Å². The number of nitrogens with zero attached hydrogens (tertiary/aromatic N) is 5. The number of hydrogen-bond donors (Lipinski definition) is 0. The Kier molecular flexibility index (Phi) is 5.24. The van der Waals surface area contributed by atoms with Gasteiger partial charge in [-0.2, -0.15) is 9.40 Å². The monoisotopic (exact) mass is 389 g/mol. The second-order valence-corrected chi connectivity index (χ2v) is 8.51. The largest absolute Gasteiger partial charge is 0.378 e. The summed E-state index contributed by atoms with van der Waals surface area (Å²) >= 11 is 0. The van der Waals surface area contributed by atoms with Crippen LogP contribution in [-0.4, -0.2) is 75.4 Å². The average molecular weight is 389 g/mol. The number of ether oxygens (including phenoxy) is 1. The van der Waals surface area contributed by atoms with Crippen LogP contribution < -0.4 is 9.80 Å². The van der Waals surface area contributed by atoms with Crippen molar-refractivity contribution in [3.8, 4) is 0 Å². The van der Waals surface area contributed by atoms with E-state index in [9.17, 15) is 8.42 Å². The summed E-state index contributed by atoms with van der Waals surface area (Å²) in [4.78, 5) is 4.67. The lowest BCUT2D eigenvalue weighted by molar-refractivity contribution is 0.122. The van der Waals surface area contributed by atoms with Gasteiger partial charge in [-0.15, -0.1) is 5.10 Å². The molecule has 1 aromatic carbocycles. The van der Waals surface area contributed by atoms with E-state index in [0.29, 0.717) is 44.3 Å². The summed E-state index contributed by atoms with van der Waals surface area (Å²) in [7, 11) is -3.44. The van der Waals surface area contributed by atoms with Crippen molar-refractivity contribution >= 4 is 21.5 Å². The molecule has 0 unspecified atom stereocenters. The van der Waals surface area contributed by atoms with Crippen LogP contribution in [0.3, 0.4) is 0 Å². The van der Waals surface area contributed by atoms with Crippen LogP contribution >= 0.6 is 0 Å². The number of anilines is 2. The van der Waals surface area contributed by atoms with Crippen LogP contribution in [0.4, 0.5) is 11.5 Å². The molecule has 0 N–H and O–H groups in total. The molecule has 0 amide bonds. The second kappa shape index (κ2) is 7.79. The van der Waals surface area contributed by atoms with Gasteiger partial charge in [0.25, 0.3) is 0 Å². The standard InChI is InChI=1S/C18H23N5O3S/c24-27(25,17-4-2-1-3-5-17)23-8-6-22(7-9-23)18-14-16(15-19-20-18)21-10-12-26-13-11-21/h1-5,14-15H,6-13H2. The van der Waals surface area contributed by atoms with Gasteiger partial charge in [0.1, 0.15) is 0 Å². The zero-order valence-corrected chi connectivity index (χ0v) is 15.9. The SMILES string of the molecule is O=S(=O)(c1ccccc1)N1CCN(c2cc(N3CCOCC3)cnn2)CC1. The molecule has 2 aliphatic rings. The molecule has 0 spiro atoms. The second-order valence-electron chi connectivity index (χ2n) is 6.58. The number of benzene rings is 1. The first-order valence-corrected chi connectivity index (χ1v) is 10.5. The topological polar surface area (TPSA) is 78.9 Å². The average Bonchev–Trinajstić information content (AvgIpc) is 2.75. The number of sulfonamides is 1. The molecule has 0 bridgehead atoms. The highest BCUT2D eigenvalue weighted by Crippen LogP contribution is 2.23. The first-order chi connectivity index (χ1) is 13.1. The fourth-order valence-corrected chi connectivity index (χ4v) is 4.84. The van der Waals surface area contributed by atoms with E-state index < -0.39 is 10.0 Å². The Hall–Kier alpha value is -2.23. The van der Waals surface area contributed by atoms with Crippen molar-refractivity contribution in [2.75, 3.05) is 62.3 Å². The predicted molar refractivity (Wildman–Crippen MR) is 102 cm³/mol. The Morgan fingerprint density at radius 1 is 0.889 bits per heavy atom. The van der Waals surface area contributed by atoms with Crippen LogP contribution in [0, 0.1) is 0 Å². The number of piperazine rings is 1. The molecule has 2 aliphatic heterocycles. The fourth-order valence-electron chi connectivity index (χ4n) is 3.39. The summed E-state index contributed by atoms with van der Waals surface area (Å²) in [5.41, 5.74) is 1.03. The molecule has 3 heterocycles. The zero-order chi connectivity index (χ0) is 18.7. The van der Waals surface area contributed by atoms with Crippen molar-refractivity contribution in [1.82, 2.24) is 14.5 Å². The maximum atomic E-state index is 12.8. The smallest absolute Gasteiger partial charge is 0.243 e. The highest BCUT2D eigenvalue weighted by Gasteiger charge is 2.29. The molecule has 27 heavy (non-hydrogen) atoms. The summed E-state index contributed by atoms with van der Waals surface area (Å²) in [6, 6.07) is 10.6. The van der Waals surface area contributed by atoms with Gasteiger partial charge in [0.2, 0.25) is 10.0 Å². The molecule has 0 aliphatic carbocycles. The molecule has 0 radical (unpaired) electrons. The van der Waals surface area contributed by atoms with E-state index in [0.717, 1.165) is 24.6 Å². The molecule has 1 aromatic heterocycles. The predicted octanol–water partition coefficient (Wildman–Crippen LogP) is 0.824. The Labute approximate surface area is 159 Å². The van der Waals surface area contributed by atoms with Gasteiger partial charge < -0.3 is 14.5 Å². The summed E-state index contributed by atoms with van der Waals surface area (Å²) in [5.74, 6) is 0.788. The third kappa shape index (κ3) is 3.90. The summed E-state index contributed by atoms with van der Waals surface area (Å²) in [6.07, 6.45) is 1.77. The Morgan fingerprint density at radius 3 is 2.30 bits per heavy atom. The Morgan fingerprint density at radius 2 is 1.59 bits per heavy atom. The first kappa shape index (κ1) is 18.1. The Balaban J connectivity index is 1.44. The number of hydrogen-bond acceptors (Lipinski definition) is 7. The lowest BCUT2D eigenvalue weighted by atomic mass is 10.3. The van der Waals surface area contributed by atoms with Crippen LogP contribution in [0.2, 0.25) is 0 Å². The molecule has 4 rings (SSSR count). The van der Waals surface area contributed by atoms with Crippen molar-refractivity contribution < 1.29 is 13.2 Å². The number of rotatable bonds is 4. The van der Waals surface area contributed by atoms with E-state index in [2.05, 4.69) is 20.0 Å². The molecule has 9 heteroatoms. The highest BCUT2D eigenvalue weighted by atomic mass is 32.2. The molecule has 2 saturated heterocycles. The third-order valence-electron chi connectivity index (χ3n) is 4.95. The van der Waals surface area contributed by atoms with E-state index >= 15 is 0 Å². The van der Waals surface area contributed by atoms with E-state index in [1.54, 1.807) is 30.5 Å². The molecular formula is C18H23N5O3S. The van der Waals surface area contributed by atoms with Crippen molar-refractivity contribution in [3.05, 3.63) is 42.6 Å². The van der Waals surface area contributed by atoms with E-state index in [4.69, 9.17) is 4.74 Å². The highest BCUT2D eigenvalue weighted by molar-refractivity contribution is 7.89. The lowest BCUT2D eigenvalue weighted by Gasteiger charge is -2.35. The van der Waals surface area contributed by atoms with Crippen LogP contribution in [-0.2, 0) is 14.8 Å². The molecule has 2 aromatic rings. The molecule has 0 atom stereocenters. The summed E-state index contributed by atoms with van der Waals surface area (Å²) < 4.78 is 32.4. The minimum absolute atomic E-state index is 0.340. The number of morpholine rings is 1. The fraction of sp³-hybridized carbons (Fsp3) is 0.444. The minimum Gasteiger partial charge on any atom is -0.378 e. The maximum absolute atomic E-state index is 12.8. The van der Waals surface area contributed by atoms with Crippen molar-refractivity contribution in [3.63, 3.8) is 0 Å². The maximum Gasteiger partial charge on any atom is 0.243 e. The van der Waals surface area contributed by atoms with Crippen LogP contribution in [0.5, 0.6) is 0 Å². The lowest BCUT2D eigenvalue weighted by Crippen LogP contribution is -2.49. The van der Waals surface area contributed by atoms with Crippen molar-refractivity contribution in [2.24, 2.45) is 0 Å². The third-order valence-corrected chi connectivity index (χ3v) is 6.86. The first-order valence-electron chi connectivity index (χ1n) is 9.10. The summed E-state index contributed by atoms with van der Waals surface area (Å²) in [5, 5.41) is 8.40. The molecule has 144 valence electrons. The molecule has 8 nitrogen and oxygen atoms in total. The van der Waals surface area contributed by atoms with Gasteiger partial charge in [-0.05, 0) is 12.1 Å². The normalized spacial score (nSPS) is 19.3. The van der Waals surface area contributed by atoms with Gasteiger partial charge in [-0.3, -0.25) is 0 Å². The molecular weight excluding hydrogens is 366 g/mol. The van der Waals surface area contributed by atoms with E-state index in [1.165, 1.54) is 4.31 Å². The summed E-state index contributed by atoms with van der Waals surface area (Å²) in [6.45, 7) is 5.16. The van der Waals surface area contributed by atoms with Gasteiger partial charge in [-0.25, -0.2) is 8.42 Å². The van der Waals surface area contributed by atoms with E-state index in [1.807, 2.05) is 12.1 Å². The van der Waals surface area contributed by atoms with Gasteiger partial charge >= 0.3 is 0 Å². The van der Waals surface area contributed by atoms with Gasteiger partial charge in [-0.1, -0.05) is 18.2 Å². The number of aromatic nitrogens is 2. The van der Waals surface area contributed by atoms with Gasteiger partial charge in [0.05, 0.1) is 30.0 Å². The molecule has 2 fully saturated rings.